The fourth-order valence-electron chi connectivity index (χ4n) is 0.717. The van der Waals surface area contributed by atoms with Gasteiger partial charge in [-0.25, -0.2) is 0 Å². The lowest BCUT2D eigenvalue weighted by Gasteiger charge is -1.97. The molecule has 1 aromatic heterocycles. The molecule has 0 saturated heterocycles. The first-order chi connectivity index (χ1) is 5.86. The quantitative estimate of drug-likeness (QED) is 0.651. The normalized spacial score (nSPS) is 10.2. The summed E-state index contributed by atoms with van der Waals surface area (Å²) in [7, 11) is 1.62. The molecule has 68 valence electrons. The average Bonchev–Trinajstić information content (AvgIpc) is 2.53. The topological polar surface area (TPSA) is 60.0 Å². The zero-order valence-electron chi connectivity index (χ0n) is 7.33. The zero-order valence-corrected chi connectivity index (χ0v) is 7.33. The molecule has 0 aliphatic heterocycles. The van der Waals surface area contributed by atoms with Gasteiger partial charge in [-0.2, -0.15) is 4.98 Å². The van der Waals surface area contributed by atoms with Crippen LogP contribution in [-0.4, -0.2) is 35.5 Å². The first-order valence-electron chi connectivity index (χ1n) is 3.89. The molecular formula is C7H13N3O2. The maximum Gasteiger partial charge on any atom is 0.335 e. The van der Waals surface area contributed by atoms with Gasteiger partial charge in [-0.05, 0) is 0 Å². The van der Waals surface area contributed by atoms with E-state index in [-0.39, 0.29) is 0 Å². The number of ether oxygens (including phenoxy) is 2. The van der Waals surface area contributed by atoms with Gasteiger partial charge in [0.1, 0.15) is 12.4 Å². The van der Waals surface area contributed by atoms with Crippen LogP contribution in [0.2, 0.25) is 0 Å². The van der Waals surface area contributed by atoms with Crippen molar-refractivity contribution in [2.24, 2.45) is 0 Å². The molecular weight excluding hydrogens is 158 g/mol. The van der Waals surface area contributed by atoms with Crippen molar-refractivity contribution in [3.8, 4) is 6.01 Å². The lowest BCUT2D eigenvalue weighted by atomic mass is 10.5. The molecule has 0 spiro atoms. The molecule has 0 fully saturated rings. The van der Waals surface area contributed by atoms with Crippen molar-refractivity contribution in [1.82, 2.24) is 15.2 Å². The number of aromatic amines is 1. The van der Waals surface area contributed by atoms with Gasteiger partial charge in [-0.15, -0.1) is 5.10 Å². The highest BCUT2D eigenvalue weighted by Crippen LogP contribution is 2.00. The van der Waals surface area contributed by atoms with Gasteiger partial charge in [0.15, 0.2) is 0 Å². The number of H-pyrrole nitrogens is 1. The third kappa shape index (κ3) is 2.50. The van der Waals surface area contributed by atoms with E-state index in [9.17, 15) is 0 Å². The van der Waals surface area contributed by atoms with Gasteiger partial charge in [-0.1, -0.05) is 6.92 Å². The van der Waals surface area contributed by atoms with E-state index in [4.69, 9.17) is 9.47 Å². The molecule has 1 rings (SSSR count). The molecule has 1 aromatic rings. The highest BCUT2D eigenvalue weighted by molar-refractivity contribution is 4.94. The Kier molecular flexibility index (Phi) is 3.53. The molecule has 0 unspecified atom stereocenters. The van der Waals surface area contributed by atoms with Crippen molar-refractivity contribution in [3.05, 3.63) is 5.82 Å². The molecule has 5 heteroatoms. The van der Waals surface area contributed by atoms with Crippen molar-refractivity contribution in [2.75, 3.05) is 20.3 Å². The standard InChI is InChI=1S/C7H13N3O2/c1-3-6-8-7(10-9-6)12-5-4-11-2/h3-5H2,1-2H3,(H,8,9,10). The van der Waals surface area contributed by atoms with Crippen LogP contribution >= 0.6 is 0 Å². The summed E-state index contributed by atoms with van der Waals surface area (Å²) in [5.41, 5.74) is 0. The van der Waals surface area contributed by atoms with Crippen molar-refractivity contribution >= 4 is 0 Å². The third-order valence-electron chi connectivity index (χ3n) is 1.36. The van der Waals surface area contributed by atoms with Crippen molar-refractivity contribution in [2.45, 2.75) is 13.3 Å². The van der Waals surface area contributed by atoms with E-state index in [0.717, 1.165) is 12.2 Å². The number of hydrogen-bond acceptors (Lipinski definition) is 4. The minimum absolute atomic E-state index is 0.393. The molecule has 5 nitrogen and oxygen atoms in total. The minimum atomic E-state index is 0.393. The van der Waals surface area contributed by atoms with Gasteiger partial charge < -0.3 is 9.47 Å². The molecule has 0 radical (unpaired) electrons. The molecule has 0 aliphatic carbocycles. The van der Waals surface area contributed by atoms with Gasteiger partial charge in [-0.3, -0.25) is 5.10 Å². The summed E-state index contributed by atoms with van der Waals surface area (Å²) in [6, 6.07) is 0.393. The predicted octanol–water partition coefficient (Wildman–Crippen LogP) is 0.392. The third-order valence-corrected chi connectivity index (χ3v) is 1.36. The molecule has 1 heterocycles. The molecule has 0 amide bonds. The largest absolute Gasteiger partial charge is 0.460 e. The Bertz CT molecular complexity index is 224. The number of hydrogen-bond donors (Lipinski definition) is 1. The molecule has 0 aromatic carbocycles. The second-order valence-electron chi connectivity index (χ2n) is 2.26. The number of methoxy groups -OCH3 is 1. The van der Waals surface area contributed by atoms with E-state index >= 15 is 0 Å². The van der Waals surface area contributed by atoms with Gasteiger partial charge in [0.2, 0.25) is 0 Å². The smallest absolute Gasteiger partial charge is 0.335 e. The Labute approximate surface area is 71.1 Å². The summed E-state index contributed by atoms with van der Waals surface area (Å²) < 4.78 is 9.96. The molecule has 0 saturated carbocycles. The van der Waals surface area contributed by atoms with E-state index in [1.54, 1.807) is 7.11 Å². The van der Waals surface area contributed by atoms with Gasteiger partial charge >= 0.3 is 6.01 Å². The molecule has 0 atom stereocenters. The monoisotopic (exact) mass is 171 g/mol. The Morgan fingerprint density at radius 1 is 1.42 bits per heavy atom. The van der Waals surface area contributed by atoms with Crippen LogP contribution in [0.4, 0.5) is 0 Å². The molecule has 0 bridgehead atoms. The van der Waals surface area contributed by atoms with E-state index in [1.165, 1.54) is 0 Å². The van der Waals surface area contributed by atoms with E-state index < -0.39 is 0 Å². The minimum Gasteiger partial charge on any atom is -0.460 e. The number of aromatic nitrogens is 3. The molecule has 12 heavy (non-hydrogen) atoms. The van der Waals surface area contributed by atoms with Gasteiger partial charge in [0.05, 0.1) is 6.61 Å². The summed E-state index contributed by atoms with van der Waals surface area (Å²) in [6.07, 6.45) is 0.834. The highest BCUT2D eigenvalue weighted by atomic mass is 16.5. The van der Waals surface area contributed by atoms with Crippen LogP contribution in [0.1, 0.15) is 12.7 Å². The Morgan fingerprint density at radius 3 is 2.83 bits per heavy atom. The van der Waals surface area contributed by atoms with Crippen molar-refractivity contribution in [3.63, 3.8) is 0 Å². The van der Waals surface area contributed by atoms with E-state index in [0.29, 0.717) is 19.2 Å². The fourth-order valence-corrected chi connectivity index (χ4v) is 0.717. The van der Waals surface area contributed by atoms with E-state index in [1.807, 2.05) is 6.92 Å². The lowest BCUT2D eigenvalue weighted by Crippen LogP contribution is -2.05. The van der Waals surface area contributed by atoms with Crippen LogP contribution in [-0.2, 0) is 11.2 Å². The van der Waals surface area contributed by atoms with Gasteiger partial charge in [0, 0.05) is 13.5 Å². The molecule has 0 aliphatic rings. The zero-order chi connectivity index (χ0) is 8.81. The van der Waals surface area contributed by atoms with Crippen LogP contribution in [0.5, 0.6) is 6.01 Å². The summed E-state index contributed by atoms with van der Waals surface area (Å²) >= 11 is 0. The van der Waals surface area contributed by atoms with Gasteiger partial charge in [0.25, 0.3) is 0 Å². The first-order valence-corrected chi connectivity index (χ1v) is 3.89. The SMILES string of the molecule is CCc1nc(OCCOC)n[nH]1. The Morgan fingerprint density at radius 2 is 2.25 bits per heavy atom. The summed E-state index contributed by atoms with van der Waals surface area (Å²) in [5.74, 6) is 0.836. The Hall–Kier alpha value is -1.10. The second kappa shape index (κ2) is 4.71. The lowest BCUT2D eigenvalue weighted by molar-refractivity contribution is 0.141. The summed E-state index contributed by atoms with van der Waals surface area (Å²) in [5, 5.41) is 6.60. The van der Waals surface area contributed by atoms with Crippen molar-refractivity contribution < 1.29 is 9.47 Å². The number of rotatable bonds is 5. The van der Waals surface area contributed by atoms with Crippen LogP contribution < -0.4 is 4.74 Å². The second-order valence-corrected chi connectivity index (χ2v) is 2.26. The Balaban J connectivity index is 2.31. The fraction of sp³-hybridized carbons (Fsp3) is 0.714. The average molecular weight is 171 g/mol. The van der Waals surface area contributed by atoms with Crippen molar-refractivity contribution in [1.29, 1.82) is 0 Å². The van der Waals surface area contributed by atoms with Crippen LogP contribution in [0.3, 0.4) is 0 Å². The molecule has 1 N–H and O–H groups in total. The predicted molar refractivity (Wildman–Crippen MR) is 43.1 cm³/mol. The number of nitrogens with zero attached hydrogens (tertiary/aromatic N) is 2. The maximum absolute atomic E-state index is 5.15. The first kappa shape index (κ1) is 8.99. The summed E-state index contributed by atoms with van der Waals surface area (Å²) in [4.78, 5) is 4.06. The maximum atomic E-state index is 5.15. The summed E-state index contributed by atoms with van der Waals surface area (Å²) in [6.45, 7) is 3.03. The van der Waals surface area contributed by atoms with E-state index in [2.05, 4.69) is 15.2 Å². The number of nitrogens with one attached hydrogen (secondary N) is 1. The van der Waals surface area contributed by atoms with Crippen LogP contribution in [0.15, 0.2) is 0 Å². The number of aryl methyl sites for hydroxylation is 1. The van der Waals surface area contributed by atoms with Crippen LogP contribution in [0.25, 0.3) is 0 Å². The van der Waals surface area contributed by atoms with Crippen LogP contribution in [0, 0.1) is 0 Å². The highest BCUT2D eigenvalue weighted by Gasteiger charge is 2.00.